The molecule has 0 bridgehead atoms. The number of hydrogen-bond donors (Lipinski definition) is 0. The van der Waals surface area contributed by atoms with E-state index >= 15 is 0 Å². The van der Waals surface area contributed by atoms with Gasteiger partial charge >= 0.3 is 17.9 Å². The Kier molecular flexibility index (Phi) is 5.65. The van der Waals surface area contributed by atoms with Gasteiger partial charge in [0.1, 0.15) is 0 Å². The van der Waals surface area contributed by atoms with Crippen LogP contribution < -0.4 is 5.11 Å². The van der Waals surface area contributed by atoms with E-state index in [0.29, 0.717) is 0 Å². The SMILES string of the molecule is COC(=O)[C@@H](OC(C)=O)[C@H](OC(C)=O)C(=O)[O-]. The molecular formula is C9H11O8-. The molecule has 17 heavy (non-hydrogen) atoms. The monoisotopic (exact) mass is 247 g/mol. The van der Waals surface area contributed by atoms with Crippen molar-refractivity contribution in [2.24, 2.45) is 0 Å². The number of rotatable bonds is 5. The molecule has 2 atom stereocenters. The summed E-state index contributed by atoms with van der Waals surface area (Å²) >= 11 is 0. The van der Waals surface area contributed by atoms with Gasteiger partial charge in [0.2, 0.25) is 6.10 Å². The summed E-state index contributed by atoms with van der Waals surface area (Å²) in [6, 6.07) is 0. The molecule has 0 saturated carbocycles. The largest absolute Gasteiger partial charge is 0.546 e. The zero-order chi connectivity index (χ0) is 13.6. The Labute approximate surface area is 96.4 Å². The molecule has 0 aliphatic carbocycles. The summed E-state index contributed by atoms with van der Waals surface area (Å²) in [6.07, 6.45) is -3.95. The Morgan fingerprint density at radius 1 is 0.941 bits per heavy atom. The first kappa shape index (κ1) is 14.9. The van der Waals surface area contributed by atoms with E-state index in [0.717, 1.165) is 21.0 Å². The van der Waals surface area contributed by atoms with E-state index in [1.54, 1.807) is 0 Å². The summed E-state index contributed by atoms with van der Waals surface area (Å²) in [6.45, 7) is 1.88. The number of hydrogen-bond acceptors (Lipinski definition) is 8. The molecule has 0 aromatic carbocycles. The van der Waals surface area contributed by atoms with Crippen LogP contribution in [0.15, 0.2) is 0 Å². The van der Waals surface area contributed by atoms with Crippen LogP contribution >= 0.6 is 0 Å². The molecule has 0 heterocycles. The van der Waals surface area contributed by atoms with Crippen molar-refractivity contribution in [1.82, 2.24) is 0 Å². The molecule has 0 aliphatic rings. The first-order chi connectivity index (χ1) is 7.79. The number of carbonyl (C=O) groups is 4. The number of esters is 3. The van der Waals surface area contributed by atoms with Gasteiger partial charge in [-0.15, -0.1) is 0 Å². The molecule has 8 heteroatoms. The lowest BCUT2D eigenvalue weighted by Gasteiger charge is -2.24. The molecule has 0 rings (SSSR count). The first-order valence-corrected chi connectivity index (χ1v) is 4.42. The Morgan fingerprint density at radius 3 is 1.65 bits per heavy atom. The highest BCUT2D eigenvalue weighted by molar-refractivity contribution is 5.87. The third-order valence-electron chi connectivity index (χ3n) is 1.53. The molecule has 0 spiro atoms. The van der Waals surface area contributed by atoms with Crippen molar-refractivity contribution in [2.45, 2.75) is 26.1 Å². The maximum atomic E-state index is 11.2. The summed E-state index contributed by atoms with van der Waals surface area (Å²) in [5, 5.41) is 10.7. The molecule has 0 aliphatic heterocycles. The Morgan fingerprint density at radius 2 is 1.35 bits per heavy atom. The quantitative estimate of drug-likeness (QED) is 0.395. The molecule has 8 nitrogen and oxygen atoms in total. The third kappa shape index (κ3) is 4.96. The van der Waals surface area contributed by atoms with Gasteiger partial charge < -0.3 is 24.1 Å². The van der Waals surface area contributed by atoms with E-state index in [-0.39, 0.29) is 0 Å². The summed E-state index contributed by atoms with van der Waals surface area (Å²) < 4.78 is 13.0. The molecule has 0 N–H and O–H groups in total. The normalized spacial score (nSPS) is 13.1. The second kappa shape index (κ2) is 6.46. The topological polar surface area (TPSA) is 119 Å². The van der Waals surface area contributed by atoms with Crippen molar-refractivity contribution in [2.75, 3.05) is 7.11 Å². The predicted octanol–water partition coefficient (Wildman–Crippen LogP) is -2.23. The van der Waals surface area contributed by atoms with Gasteiger partial charge in [0.05, 0.1) is 13.1 Å². The summed E-state index contributed by atoms with van der Waals surface area (Å²) in [7, 11) is 0.957. The van der Waals surface area contributed by atoms with Crippen molar-refractivity contribution < 1.29 is 38.5 Å². The highest BCUT2D eigenvalue weighted by Gasteiger charge is 2.35. The van der Waals surface area contributed by atoms with Gasteiger partial charge in [0.25, 0.3) is 0 Å². The molecular weight excluding hydrogens is 236 g/mol. The van der Waals surface area contributed by atoms with Gasteiger partial charge in [-0.3, -0.25) is 9.59 Å². The highest BCUT2D eigenvalue weighted by Crippen LogP contribution is 2.07. The lowest BCUT2D eigenvalue weighted by Crippen LogP contribution is -2.51. The molecule has 96 valence electrons. The molecule has 0 aromatic rings. The van der Waals surface area contributed by atoms with Crippen LogP contribution in [0.4, 0.5) is 0 Å². The average molecular weight is 247 g/mol. The van der Waals surface area contributed by atoms with Crippen LogP contribution in [0.5, 0.6) is 0 Å². The van der Waals surface area contributed by atoms with Crippen molar-refractivity contribution in [3.8, 4) is 0 Å². The highest BCUT2D eigenvalue weighted by atomic mass is 16.6. The zero-order valence-corrected chi connectivity index (χ0v) is 9.42. The van der Waals surface area contributed by atoms with E-state index in [9.17, 15) is 24.3 Å². The van der Waals surface area contributed by atoms with Crippen molar-refractivity contribution in [3.63, 3.8) is 0 Å². The minimum atomic E-state index is -2.05. The van der Waals surface area contributed by atoms with Gasteiger partial charge in [0.15, 0.2) is 6.10 Å². The number of carboxylic acid groups (broad SMARTS) is 1. The Hall–Kier alpha value is -2.12. The molecule has 0 amide bonds. The van der Waals surface area contributed by atoms with Crippen LogP contribution in [0.1, 0.15) is 13.8 Å². The van der Waals surface area contributed by atoms with Crippen LogP contribution in [0, 0.1) is 0 Å². The predicted molar refractivity (Wildman–Crippen MR) is 48.1 cm³/mol. The van der Waals surface area contributed by atoms with Gasteiger partial charge in [-0.25, -0.2) is 4.79 Å². The fraction of sp³-hybridized carbons (Fsp3) is 0.556. The van der Waals surface area contributed by atoms with Gasteiger partial charge in [0, 0.05) is 13.8 Å². The zero-order valence-electron chi connectivity index (χ0n) is 9.42. The average Bonchev–Trinajstić information content (AvgIpc) is 2.21. The van der Waals surface area contributed by atoms with Gasteiger partial charge in [-0.2, -0.15) is 0 Å². The van der Waals surface area contributed by atoms with Crippen LogP contribution in [0.3, 0.4) is 0 Å². The summed E-state index contributed by atoms with van der Waals surface area (Å²) in [4.78, 5) is 43.2. The minimum Gasteiger partial charge on any atom is -0.546 e. The van der Waals surface area contributed by atoms with Crippen molar-refractivity contribution >= 4 is 23.9 Å². The first-order valence-electron chi connectivity index (χ1n) is 4.42. The lowest BCUT2D eigenvalue weighted by molar-refractivity contribution is -0.318. The maximum Gasteiger partial charge on any atom is 0.351 e. The van der Waals surface area contributed by atoms with E-state index in [1.165, 1.54) is 0 Å². The number of carboxylic acids is 1. The Balaban J connectivity index is 5.05. The third-order valence-corrected chi connectivity index (χ3v) is 1.53. The van der Waals surface area contributed by atoms with Crippen molar-refractivity contribution in [1.29, 1.82) is 0 Å². The van der Waals surface area contributed by atoms with Crippen molar-refractivity contribution in [3.05, 3.63) is 0 Å². The molecule has 0 aromatic heterocycles. The van der Waals surface area contributed by atoms with E-state index in [2.05, 4.69) is 14.2 Å². The smallest absolute Gasteiger partial charge is 0.351 e. The molecule has 0 unspecified atom stereocenters. The number of ether oxygens (including phenoxy) is 3. The molecule has 0 radical (unpaired) electrons. The molecule has 0 saturated heterocycles. The van der Waals surface area contributed by atoms with E-state index < -0.39 is 36.1 Å². The number of carbonyl (C=O) groups excluding carboxylic acids is 4. The Bertz CT molecular complexity index is 334. The van der Waals surface area contributed by atoms with Crippen LogP contribution in [0.25, 0.3) is 0 Å². The number of methoxy groups -OCH3 is 1. The van der Waals surface area contributed by atoms with Crippen LogP contribution in [-0.2, 0) is 33.4 Å². The van der Waals surface area contributed by atoms with E-state index in [4.69, 9.17) is 0 Å². The molecule has 0 fully saturated rings. The standard InChI is InChI=1S/C9H12O8/c1-4(10)16-6(8(12)13)7(9(14)15-3)17-5(2)11/h6-7H,1-3H3,(H,12,13)/p-1/t6-,7-/m0/s1. The summed E-state index contributed by atoms with van der Waals surface area (Å²) in [5.41, 5.74) is 0. The minimum absolute atomic E-state index is 0.929. The number of aliphatic carboxylic acids is 1. The lowest BCUT2D eigenvalue weighted by atomic mass is 10.2. The van der Waals surface area contributed by atoms with Crippen LogP contribution in [0.2, 0.25) is 0 Å². The van der Waals surface area contributed by atoms with E-state index in [1.807, 2.05) is 0 Å². The fourth-order valence-corrected chi connectivity index (χ4v) is 0.941. The second-order valence-corrected chi connectivity index (χ2v) is 2.90. The van der Waals surface area contributed by atoms with Gasteiger partial charge in [-0.1, -0.05) is 0 Å². The van der Waals surface area contributed by atoms with Crippen LogP contribution in [-0.4, -0.2) is 43.2 Å². The van der Waals surface area contributed by atoms with Gasteiger partial charge in [-0.05, 0) is 0 Å². The second-order valence-electron chi connectivity index (χ2n) is 2.90. The summed E-state index contributed by atoms with van der Waals surface area (Å²) in [5.74, 6) is -4.95. The fourth-order valence-electron chi connectivity index (χ4n) is 0.941. The maximum absolute atomic E-state index is 11.2.